The quantitative estimate of drug-likeness (QED) is 0.776. The number of likely N-dealkylation sites (tertiary alicyclic amines) is 1. The van der Waals surface area contributed by atoms with Crippen LogP contribution in [0.1, 0.15) is 37.7 Å². The molecule has 120 valence electrons. The average Bonchev–Trinajstić information content (AvgIpc) is 3.41. The first-order chi connectivity index (χ1) is 10.7. The molecule has 2 nitrogen and oxygen atoms in total. The van der Waals surface area contributed by atoms with Gasteiger partial charge in [0.1, 0.15) is 0 Å². The molecule has 0 N–H and O–H groups in total. The highest BCUT2D eigenvalue weighted by Crippen LogP contribution is 2.59. The van der Waals surface area contributed by atoms with Crippen molar-refractivity contribution in [3.63, 3.8) is 0 Å². The van der Waals surface area contributed by atoms with Crippen LogP contribution in [0, 0.1) is 11.3 Å². The monoisotopic (exact) mass is 362 g/mol. The van der Waals surface area contributed by atoms with Crippen molar-refractivity contribution in [1.82, 2.24) is 9.80 Å². The molecule has 22 heavy (non-hydrogen) atoms. The molecule has 0 amide bonds. The van der Waals surface area contributed by atoms with Crippen LogP contribution in [0.15, 0.2) is 28.7 Å². The second-order valence-corrected chi connectivity index (χ2v) is 8.66. The lowest BCUT2D eigenvalue weighted by Crippen LogP contribution is -2.36. The van der Waals surface area contributed by atoms with Crippen molar-refractivity contribution in [2.75, 3.05) is 26.7 Å². The highest BCUT2D eigenvalue weighted by molar-refractivity contribution is 9.10. The summed E-state index contributed by atoms with van der Waals surface area (Å²) in [5, 5.41) is 0. The molecule has 0 aromatic heterocycles. The number of benzene rings is 1. The van der Waals surface area contributed by atoms with Crippen LogP contribution in [-0.2, 0) is 6.54 Å². The zero-order valence-electron chi connectivity index (χ0n) is 13.6. The minimum atomic E-state index is 0.716. The Bertz CT molecular complexity index is 532. The molecule has 2 saturated carbocycles. The molecule has 0 bridgehead atoms. The lowest BCUT2D eigenvalue weighted by Gasteiger charge is -2.33. The first-order valence-corrected chi connectivity index (χ1v) is 9.62. The summed E-state index contributed by atoms with van der Waals surface area (Å²) in [7, 11) is 2.34. The first-order valence-electron chi connectivity index (χ1n) is 8.82. The van der Waals surface area contributed by atoms with Crippen molar-refractivity contribution in [2.45, 2.75) is 44.7 Å². The van der Waals surface area contributed by atoms with E-state index in [9.17, 15) is 0 Å². The number of hydrogen-bond donors (Lipinski definition) is 0. The second-order valence-electron chi connectivity index (χ2n) is 7.80. The molecule has 3 heteroatoms. The van der Waals surface area contributed by atoms with Crippen molar-refractivity contribution in [3.8, 4) is 0 Å². The van der Waals surface area contributed by atoms with Crippen molar-refractivity contribution >= 4 is 15.9 Å². The molecule has 2 aliphatic carbocycles. The van der Waals surface area contributed by atoms with Crippen molar-refractivity contribution in [2.24, 2.45) is 11.3 Å². The van der Waals surface area contributed by atoms with E-state index >= 15 is 0 Å². The zero-order valence-corrected chi connectivity index (χ0v) is 15.2. The van der Waals surface area contributed by atoms with E-state index < -0.39 is 0 Å². The van der Waals surface area contributed by atoms with E-state index in [0.29, 0.717) is 5.41 Å². The van der Waals surface area contributed by atoms with Gasteiger partial charge in [-0.1, -0.05) is 34.1 Å². The van der Waals surface area contributed by atoms with Crippen LogP contribution in [0.25, 0.3) is 0 Å². The van der Waals surface area contributed by atoms with Crippen LogP contribution in [0.3, 0.4) is 0 Å². The molecule has 1 aromatic rings. The largest absolute Gasteiger partial charge is 0.303 e. The predicted octanol–water partition coefficient (Wildman–Crippen LogP) is 4.15. The topological polar surface area (TPSA) is 6.48 Å². The van der Waals surface area contributed by atoms with Gasteiger partial charge in [-0.25, -0.2) is 0 Å². The average molecular weight is 363 g/mol. The Balaban J connectivity index is 1.27. The number of nitrogens with zero attached hydrogens (tertiary/aromatic N) is 2. The Morgan fingerprint density at radius 3 is 2.64 bits per heavy atom. The molecule has 1 saturated heterocycles. The van der Waals surface area contributed by atoms with Gasteiger partial charge in [0.2, 0.25) is 0 Å². The van der Waals surface area contributed by atoms with Gasteiger partial charge in [-0.15, -0.1) is 0 Å². The third kappa shape index (κ3) is 3.13. The van der Waals surface area contributed by atoms with Gasteiger partial charge < -0.3 is 4.90 Å². The number of halogens is 1. The Kier molecular flexibility index (Phi) is 4.08. The van der Waals surface area contributed by atoms with Crippen LogP contribution < -0.4 is 0 Å². The van der Waals surface area contributed by atoms with Crippen molar-refractivity contribution < 1.29 is 0 Å². The van der Waals surface area contributed by atoms with Crippen LogP contribution >= 0.6 is 15.9 Å². The minimum absolute atomic E-state index is 0.716. The van der Waals surface area contributed by atoms with Crippen LogP contribution in [-0.4, -0.2) is 42.5 Å². The van der Waals surface area contributed by atoms with E-state index in [4.69, 9.17) is 0 Å². The summed E-state index contributed by atoms with van der Waals surface area (Å²) in [5.41, 5.74) is 2.15. The molecule has 1 heterocycles. The van der Waals surface area contributed by atoms with Crippen LogP contribution in [0.2, 0.25) is 0 Å². The second kappa shape index (κ2) is 5.92. The Hall–Kier alpha value is -0.380. The SMILES string of the molecule is CN(CC1CC12CCN(Cc1ccccc1Br)CC2)C1CC1. The van der Waals surface area contributed by atoms with Gasteiger partial charge in [0, 0.05) is 23.6 Å². The summed E-state index contributed by atoms with van der Waals surface area (Å²) in [4.78, 5) is 5.28. The van der Waals surface area contributed by atoms with Gasteiger partial charge >= 0.3 is 0 Å². The summed E-state index contributed by atoms with van der Waals surface area (Å²) in [6.45, 7) is 5.02. The first kappa shape index (κ1) is 15.2. The molecular weight excluding hydrogens is 336 g/mol. The van der Waals surface area contributed by atoms with E-state index in [-0.39, 0.29) is 0 Å². The van der Waals surface area contributed by atoms with E-state index in [0.717, 1.165) is 18.5 Å². The number of piperidine rings is 1. The van der Waals surface area contributed by atoms with Gasteiger partial charge in [-0.05, 0) is 75.2 Å². The highest BCUT2D eigenvalue weighted by Gasteiger charge is 2.55. The summed E-state index contributed by atoms with van der Waals surface area (Å²) >= 11 is 3.68. The Labute approximate surface area is 143 Å². The maximum absolute atomic E-state index is 3.68. The van der Waals surface area contributed by atoms with Crippen LogP contribution in [0.5, 0.6) is 0 Å². The third-order valence-corrected chi connectivity index (χ3v) is 7.01. The normalized spacial score (nSPS) is 27.5. The molecule has 0 radical (unpaired) electrons. The molecule has 3 aliphatic rings. The Morgan fingerprint density at radius 2 is 1.95 bits per heavy atom. The summed E-state index contributed by atoms with van der Waals surface area (Å²) < 4.78 is 1.26. The molecule has 1 spiro atoms. The van der Waals surface area contributed by atoms with E-state index in [1.165, 1.54) is 61.8 Å². The predicted molar refractivity (Wildman–Crippen MR) is 94.8 cm³/mol. The van der Waals surface area contributed by atoms with E-state index in [2.05, 4.69) is 57.0 Å². The Morgan fingerprint density at radius 1 is 1.23 bits per heavy atom. The van der Waals surface area contributed by atoms with Crippen LogP contribution in [0.4, 0.5) is 0 Å². The van der Waals surface area contributed by atoms with Crippen molar-refractivity contribution in [1.29, 1.82) is 0 Å². The summed E-state index contributed by atoms with van der Waals surface area (Å²) in [6.07, 6.45) is 7.21. The fourth-order valence-electron chi connectivity index (χ4n) is 4.34. The molecule has 3 fully saturated rings. The van der Waals surface area contributed by atoms with Gasteiger partial charge in [0.05, 0.1) is 0 Å². The maximum Gasteiger partial charge on any atom is 0.0244 e. The molecule has 1 aliphatic heterocycles. The number of rotatable bonds is 5. The molecular formula is C19H27BrN2. The molecule has 1 aromatic carbocycles. The molecule has 4 rings (SSSR count). The minimum Gasteiger partial charge on any atom is -0.303 e. The smallest absolute Gasteiger partial charge is 0.0244 e. The van der Waals surface area contributed by atoms with Gasteiger partial charge in [0.25, 0.3) is 0 Å². The molecule has 1 atom stereocenters. The fourth-order valence-corrected chi connectivity index (χ4v) is 4.75. The van der Waals surface area contributed by atoms with E-state index in [1.54, 1.807) is 0 Å². The standard InChI is InChI=1S/C19H27BrN2/c1-21(17-6-7-17)14-16-12-19(16)8-10-22(11-9-19)13-15-4-2-3-5-18(15)20/h2-5,16-17H,6-14H2,1H3. The van der Waals surface area contributed by atoms with Crippen molar-refractivity contribution in [3.05, 3.63) is 34.3 Å². The van der Waals surface area contributed by atoms with Gasteiger partial charge in [-0.3, -0.25) is 4.90 Å². The fraction of sp³-hybridized carbons (Fsp3) is 0.684. The highest BCUT2D eigenvalue weighted by atomic mass is 79.9. The van der Waals surface area contributed by atoms with E-state index in [1.807, 2.05) is 0 Å². The third-order valence-electron chi connectivity index (χ3n) is 6.24. The zero-order chi connectivity index (χ0) is 15.2. The summed E-state index contributed by atoms with van der Waals surface area (Å²) in [6, 6.07) is 9.58. The van der Waals surface area contributed by atoms with Gasteiger partial charge in [0.15, 0.2) is 0 Å². The lowest BCUT2D eigenvalue weighted by molar-refractivity contribution is 0.148. The number of hydrogen-bond acceptors (Lipinski definition) is 2. The summed E-state index contributed by atoms with van der Waals surface area (Å²) in [5.74, 6) is 0.990. The molecule has 1 unspecified atom stereocenters. The van der Waals surface area contributed by atoms with Gasteiger partial charge in [-0.2, -0.15) is 0 Å². The lowest BCUT2D eigenvalue weighted by atomic mass is 9.90. The maximum atomic E-state index is 3.68.